The Balaban J connectivity index is 4.08. The molecule has 2 amide bonds. The molecule has 0 aromatic carbocycles. The lowest BCUT2D eigenvalue weighted by molar-refractivity contribution is -0.136. The molecule has 0 aromatic heterocycles. The minimum atomic E-state index is -0.494. The Morgan fingerprint density at radius 2 is 1.94 bits per heavy atom. The van der Waals surface area contributed by atoms with Gasteiger partial charge < -0.3 is 16.0 Å². The molecule has 0 aliphatic carbocycles. The number of nitrogens with one attached hydrogen (secondary N) is 1. The van der Waals surface area contributed by atoms with Crippen molar-refractivity contribution < 1.29 is 9.59 Å². The number of unbranched alkanes of at least 4 members (excludes halogenated alkanes) is 1. The molecule has 5 heteroatoms. The Bertz CT molecular complexity index is 254. The molecule has 0 aromatic rings. The van der Waals surface area contributed by atoms with Gasteiger partial charge in [-0.2, -0.15) is 0 Å². The molecule has 1 atom stereocenters. The van der Waals surface area contributed by atoms with Crippen LogP contribution in [0, 0.1) is 0 Å². The third-order valence-electron chi connectivity index (χ3n) is 2.39. The first-order valence-electron chi connectivity index (χ1n) is 6.18. The van der Waals surface area contributed by atoms with Gasteiger partial charge in [-0.25, -0.2) is 0 Å². The van der Waals surface area contributed by atoms with Crippen molar-refractivity contribution in [2.75, 3.05) is 13.6 Å². The van der Waals surface area contributed by atoms with E-state index in [1.54, 1.807) is 7.05 Å². The first-order valence-corrected chi connectivity index (χ1v) is 6.18. The zero-order valence-corrected chi connectivity index (χ0v) is 11.3. The zero-order chi connectivity index (χ0) is 13.4. The number of likely N-dealkylation sites (N-methyl/N-ethyl adjacent to an activating group) is 1. The van der Waals surface area contributed by atoms with Crippen LogP contribution in [0.1, 0.15) is 40.0 Å². The largest absolute Gasteiger partial charge is 0.352 e. The predicted molar refractivity (Wildman–Crippen MR) is 68.4 cm³/mol. The molecule has 0 aliphatic rings. The molecule has 5 nitrogen and oxygen atoms in total. The van der Waals surface area contributed by atoms with Crippen LogP contribution in [0.3, 0.4) is 0 Å². The summed E-state index contributed by atoms with van der Waals surface area (Å²) in [6.07, 6.45) is 2.61. The highest BCUT2D eigenvalue weighted by Gasteiger charge is 2.19. The molecule has 0 bridgehead atoms. The van der Waals surface area contributed by atoms with Crippen LogP contribution in [0.5, 0.6) is 0 Å². The third kappa shape index (κ3) is 6.94. The van der Waals surface area contributed by atoms with Gasteiger partial charge in [0.2, 0.25) is 11.8 Å². The van der Waals surface area contributed by atoms with E-state index in [-0.39, 0.29) is 24.4 Å². The van der Waals surface area contributed by atoms with E-state index in [9.17, 15) is 9.59 Å². The van der Waals surface area contributed by atoms with Gasteiger partial charge in [0.1, 0.15) is 0 Å². The Labute approximate surface area is 104 Å². The number of nitrogens with zero attached hydrogens (tertiary/aromatic N) is 1. The molecule has 0 heterocycles. The fraction of sp³-hybridized carbons (Fsp3) is 0.833. The van der Waals surface area contributed by atoms with Crippen LogP contribution in [-0.4, -0.2) is 42.4 Å². The van der Waals surface area contributed by atoms with E-state index in [0.717, 1.165) is 12.8 Å². The molecule has 3 N–H and O–H groups in total. The second kappa shape index (κ2) is 8.06. The van der Waals surface area contributed by atoms with Crippen LogP contribution in [0.25, 0.3) is 0 Å². The van der Waals surface area contributed by atoms with E-state index < -0.39 is 6.04 Å². The van der Waals surface area contributed by atoms with Crippen molar-refractivity contribution >= 4 is 11.8 Å². The van der Waals surface area contributed by atoms with E-state index in [2.05, 4.69) is 12.2 Å². The van der Waals surface area contributed by atoms with Gasteiger partial charge in [0, 0.05) is 13.1 Å². The number of amides is 2. The third-order valence-corrected chi connectivity index (χ3v) is 2.39. The fourth-order valence-electron chi connectivity index (χ4n) is 1.49. The Morgan fingerprint density at radius 3 is 2.41 bits per heavy atom. The first-order chi connectivity index (χ1) is 7.88. The van der Waals surface area contributed by atoms with E-state index in [0.29, 0.717) is 6.42 Å². The van der Waals surface area contributed by atoms with E-state index in [1.807, 2.05) is 13.8 Å². The number of hydrogen-bond acceptors (Lipinski definition) is 3. The summed E-state index contributed by atoms with van der Waals surface area (Å²) in [7, 11) is 1.61. The summed E-state index contributed by atoms with van der Waals surface area (Å²) in [5.41, 5.74) is 5.76. The molecule has 0 aliphatic heterocycles. The average molecular weight is 243 g/mol. The van der Waals surface area contributed by atoms with Crippen molar-refractivity contribution in [1.29, 1.82) is 0 Å². The lowest BCUT2D eigenvalue weighted by Crippen LogP contribution is -2.46. The topological polar surface area (TPSA) is 75.4 Å². The minimum absolute atomic E-state index is 0.0663. The van der Waals surface area contributed by atoms with Crippen molar-refractivity contribution in [1.82, 2.24) is 10.2 Å². The minimum Gasteiger partial charge on any atom is -0.352 e. The Hall–Kier alpha value is -1.10. The monoisotopic (exact) mass is 243 g/mol. The highest BCUT2D eigenvalue weighted by Crippen LogP contribution is 2.01. The van der Waals surface area contributed by atoms with E-state index in [1.165, 1.54) is 4.90 Å². The molecule has 0 fully saturated rings. The van der Waals surface area contributed by atoms with E-state index >= 15 is 0 Å². The summed E-state index contributed by atoms with van der Waals surface area (Å²) < 4.78 is 0. The predicted octanol–water partition coefficient (Wildman–Crippen LogP) is 0.487. The van der Waals surface area contributed by atoms with Gasteiger partial charge >= 0.3 is 0 Å². The Kier molecular flexibility index (Phi) is 7.54. The summed E-state index contributed by atoms with van der Waals surface area (Å²) in [4.78, 5) is 24.6. The lowest BCUT2D eigenvalue weighted by atomic mass is 10.1. The first kappa shape index (κ1) is 15.9. The lowest BCUT2D eigenvalue weighted by Gasteiger charge is -2.21. The number of hydrogen-bond donors (Lipinski definition) is 2. The van der Waals surface area contributed by atoms with Crippen LogP contribution in [0.15, 0.2) is 0 Å². The average Bonchev–Trinajstić information content (AvgIpc) is 2.23. The molecule has 1 unspecified atom stereocenters. The van der Waals surface area contributed by atoms with Gasteiger partial charge in [0.15, 0.2) is 0 Å². The molecule has 0 rings (SSSR count). The second-order valence-electron chi connectivity index (χ2n) is 4.67. The van der Waals surface area contributed by atoms with Gasteiger partial charge in [0.05, 0.1) is 12.6 Å². The second-order valence-corrected chi connectivity index (χ2v) is 4.67. The zero-order valence-electron chi connectivity index (χ0n) is 11.3. The van der Waals surface area contributed by atoms with Crippen LogP contribution in [0.4, 0.5) is 0 Å². The molecular weight excluding hydrogens is 218 g/mol. The summed E-state index contributed by atoms with van der Waals surface area (Å²) >= 11 is 0. The molecular formula is C12H25N3O2. The summed E-state index contributed by atoms with van der Waals surface area (Å²) in [6, 6.07) is -0.411. The smallest absolute Gasteiger partial charge is 0.239 e. The van der Waals surface area contributed by atoms with Crippen molar-refractivity contribution in [2.24, 2.45) is 5.73 Å². The van der Waals surface area contributed by atoms with Crippen molar-refractivity contribution in [3.05, 3.63) is 0 Å². The Morgan fingerprint density at radius 1 is 1.35 bits per heavy atom. The number of carbonyl (C=O) groups is 2. The number of nitrogens with two attached hydrogens (primary N) is 1. The molecule has 17 heavy (non-hydrogen) atoms. The van der Waals surface area contributed by atoms with Gasteiger partial charge in [-0.05, 0) is 20.3 Å². The quantitative estimate of drug-likeness (QED) is 0.683. The van der Waals surface area contributed by atoms with Gasteiger partial charge in [-0.1, -0.05) is 19.8 Å². The maximum absolute atomic E-state index is 11.8. The van der Waals surface area contributed by atoms with E-state index in [4.69, 9.17) is 5.73 Å². The number of carbonyl (C=O) groups excluding carboxylic acids is 2. The number of rotatable bonds is 7. The van der Waals surface area contributed by atoms with Crippen molar-refractivity contribution in [3.8, 4) is 0 Å². The van der Waals surface area contributed by atoms with Crippen LogP contribution < -0.4 is 11.1 Å². The maximum atomic E-state index is 11.8. The van der Waals surface area contributed by atoms with Crippen molar-refractivity contribution in [3.63, 3.8) is 0 Å². The highest BCUT2D eigenvalue weighted by atomic mass is 16.2. The van der Waals surface area contributed by atoms with Gasteiger partial charge in [0.25, 0.3) is 0 Å². The maximum Gasteiger partial charge on any atom is 0.239 e. The standard InChI is InChI=1S/C12H25N3O2/c1-5-6-7-10(13)12(17)15(4)8-11(16)14-9(2)3/h9-10H,5-8,13H2,1-4H3,(H,14,16). The summed E-state index contributed by atoms with van der Waals surface area (Å²) in [6.45, 7) is 5.88. The van der Waals surface area contributed by atoms with Crippen LogP contribution in [-0.2, 0) is 9.59 Å². The van der Waals surface area contributed by atoms with Gasteiger partial charge in [-0.3, -0.25) is 9.59 Å². The summed E-state index contributed by atoms with van der Waals surface area (Å²) in [5, 5.41) is 2.74. The molecule has 100 valence electrons. The molecule has 0 radical (unpaired) electrons. The highest BCUT2D eigenvalue weighted by molar-refractivity contribution is 5.87. The van der Waals surface area contributed by atoms with Crippen LogP contribution >= 0.6 is 0 Å². The van der Waals surface area contributed by atoms with Crippen molar-refractivity contribution in [2.45, 2.75) is 52.1 Å². The van der Waals surface area contributed by atoms with Crippen LogP contribution in [0.2, 0.25) is 0 Å². The molecule has 0 saturated heterocycles. The summed E-state index contributed by atoms with van der Waals surface area (Å²) in [5.74, 6) is -0.323. The molecule has 0 saturated carbocycles. The normalized spacial score (nSPS) is 12.4. The SMILES string of the molecule is CCCCC(N)C(=O)N(C)CC(=O)NC(C)C. The fourth-order valence-corrected chi connectivity index (χ4v) is 1.49. The molecule has 0 spiro atoms. The van der Waals surface area contributed by atoms with Gasteiger partial charge in [-0.15, -0.1) is 0 Å².